The van der Waals surface area contributed by atoms with Crippen LogP contribution in [0.3, 0.4) is 0 Å². The monoisotopic (exact) mass is 283 g/mol. The zero-order valence-corrected chi connectivity index (χ0v) is 10.3. The summed E-state index contributed by atoms with van der Waals surface area (Å²) >= 11 is 3.13. The molecule has 2 nitrogen and oxygen atoms in total. The van der Waals surface area contributed by atoms with E-state index < -0.39 is 6.04 Å². The van der Waals surface area contributed by atoms with Crippen LogP contribution in [0.5, 0.6) is 0 Å². The Hall–Kier alpha value is -1.13. The highest BCUT2D eigenvalue weighted by Crippen LogP contribution is 2.28. The molecule has 84 valence electrons. The molecule has 2 aromatic rings. The Kier molecular flexibility index (Phi) is 3.12. The third-order valence-electron chi connectivity index (χ3n) is 2.50. The van der Waals surface area contributed by atoms with Crippen molar-refractivity contribution in [1.82, 2.24) is 0 Å². The van der Waals surface area contributed by atoms with Gasteiger partial charge >= 0.3 is 0 Å². The van der Waals surface area contributed by atoms with Crippen molar-refractivity contribution in [3.63, 3.8) is 0 Å². The van der Waals surface area contributed by atoms with Gasteiger partial charge in [0.05, 0.1) is 16.8 Å². The summed E-state index contributed by atoms with van der Waals surface area (Å²) < 4.78 is 19.5. The van der Waals surface area contributed by atoms with Crippen molar-refractivity contribution < 1.29 is 8.81 Å². The lowest BCUT2D eigenvalue weighted by Crippen LogP contribution is -2.14. The molecule has 0 amide bonds. The maximum atomic E-state index is 13.8. The Morgan fingerprint density at radius 3 is 2.75 bits per heavy atom. The molecule has 16 heavy (non-hydrogen) atoms. The Balaban J connectivity index is 2.46. The van der Waals surface area contributed by atoms with Crippen molar-refractivity contribution in [3.8, 4) is 0 Å². The summed E-state index contributed by atoms with van der Waals surface area (Å²) in [5, 5.41) is 0. The number of benzene rings is 1. The lowest BCUT2D eigenvalue weighted by molar-refractivity contribution is 0.477. The average molecular weight is 284 g/mol. The van der Waals surface area contributed by atoms with Gasteiger partial charge in [0.2, 0.25) is 0 Å². The van der Waals surface area contributed by atoms with Gasteiger partial charge < -0.3 is 10.2 Å². The maximum absolute atomic E-state index is 13.8. The van der Waals surface area contributed by atoms with Crippen molar-refractivity contribution in [2.24, 2.45) is 5.73 Å². The van der Waals surface area contributed by atoms with Crippen molar-refractivity contribution in [1.29, 1.82) is 0 Å². The van der Waals surface area contributed by atoms with Crippen LogP contribution >= 0.6 is 15.9 Å². The first-order chi connectivity index (χ1) is 7.61. The van der Waals surface area contributed by atoms with E-state index in [1.54, 1.807) is 24.5 Å². The van der Waals surface area contributed by atoms with E-state index >= 15 is 0 Å². The van der Waals surface area contributed by atoms with E-state index in [1.165, 1.54) is 0 Å². The van der Waals surface area contributed by atoms with Crippen LogP contribution in [0.15, 0.2) is 39.4 Å². The van der Waals surface area contributed by atoms with Crippen LogP contribution in [0, 0.1) is 12.7 Å². The number of hydrogen-bond acceptors (Lipinski definition) is 2. The Bertz CT molecular complexity index is 509. The SMILES string of the molecule is Cc1ccoc1C(N)c1cccc(Br)c1F. The van der Waals surface area contributed by atoms with Gasteiger partial charge in [-0.2, -0.15) is 0 Å². The molecular weight excluding hydrogens is 273 g/mol. The van der Waals surface area contributed by atoms with Crippen LogP contribution in [0.25, 0.3) is 0 Å². The molecule has 1 atom stereocenters. The van der Waals surface area contributed by atoms with Crippen molar-refractivity contribution >= 4 is 15.9 Å². The minimum absolute atomic E-state index is 0.342. The first-order valence-electron chi connectivity index (χ1n) is 4.84. The number of furan rings is 1. The molecule has 2 N–H and O–H groups in total. The molecule has 1 heterocycles. The zero-order chi connectivity index (χ0) is 11.7. The molecule has 0 fully saturated rings. The van der Waals surface area contributed by atoms with Crippen molar-refractivity contribution in [2.45, 2.75) is 13.0 Å². The first-order valence-corrected chi connectivity index (χ1v) is 5.64. The van der Waals surface area contributed by atoms with Crippen LogP contribution in [0.4, 0.5) is 4.39 Å². The van der Waals surface area contributed by atoms with E-state index in [-0.39, 0.29) is 5.82 Å². The van der Waals surface area contributed by atoms with Crippen LogP contribution in [-0.2, 0) is 0 Å². The van der Waals surface area contributed by atoms with Gasteiger partial charge in [0.15, 0.2) is 0 Å². The van der Waals surface area contributed by atoms with Crippen LogP contribution in [-0.4, -0.2) is 0 Å². The number of aryl methyl sites for hydroxylation is 1. The third kappa shape index (κ3) is 1.90. The minimum atomic E-state index is -0.576. The molecule has 0 radical (unpaired) electrons. The second kappa shape index (κ2) is 4.39. The smallest absolute Gasteiger partial charge is 0.142 e. The molecule has 4 heteroatoms. The molecule has 0 aliphatic carbocycles. The number of nitrogens with two attached hydrogens (primary N) is 1. The Morgan fingerprint density at radius 2 is 2.12 bits per heavy atom. The topological polar surface area (TPSA) is 39.2 Å². The molecule has 0 aliphatic heterocycles. The quantitative estimate of drug-likeness (QED) is 0.916. The molecular formula is C12H11BrFNO. The highest BCUT2D eigenvalue weighted by atomic mass is 79.9. The first kappa shape index (κ1) is 11.4. The van der Waals surface area contributed by atoms with E-state index in [0.29, 0.717) is 15.8 Å². The van der Waals surface area contributed by atoms with E-state index in [4.69, 9.17) is 10.2 Å². The Morgan fingerprint density at radius 1 is 1.38 bits per heavy atom. The van der Waals surface area contributed by atoms with Gasteiger partial charge in [-0.3, -0.25) is 0 Å². The van der Waals surface area contributed by atoms with Gasteiger partial charge in [-0.25, -0.2) is 4.39 Å². The standard InChI is InChI=1S/C12H11BrFNO/c1-7-5-6-16-12(7)11(15)8-3-2-4-9(13)10(8)14/h2-6,11H,15H2,1H3. The second-order valence-corrected chi connectivity index (χ2v) is 4.44. The summed E-state index contributed by atoms with van der Waals surface area (Å²) in [6, 6.07) is 6.28. The van der Waals surface area contributed by atoms with Gasteiger partial charge in [-0.1, -0.05) is 12.1 Å². The van der Waals surface area contributed by atoms with E-state index in [9.17, 15) is 4.39 Å². The summed E-state index contributed by atoms with van der Waals surface area (Å²) in [5.74, 6) is 0.253. The predicted molar refractivity (Wildman–Crippen MR) is 63.6 cm³/mol. The number of hydrogen-bond donors (Lipinski definition) is 1. The van der Waals surface area contributed by atoms with E-state index in [1.807, 2.05) is 13.0 Å². The molecule has 2 rings (SSSR count). The minimum Gasteiger partial charge on any atom is -0.467 e. The van der Waals surface area contributed by atoms with Gasteiger partial charge in [0.1, 0.15) is 11.6 Å². The molecule has 1 unspecified atom stereocenters. The van der Waals surface area contributed by atoms with Crippen LogP contribution in [0.2, 0.25) is 0 Å². The molecule has 0 saturated heterocycles. The molecule has 0 saturated carbocycles. The van der Waals surface area contributed by atoms with E-state index in [0.717, 1.165) is 5.56 Å². The highest BCUT2D eigenvalue weighted by Gasteiger charge is 2.19. The fourth-order valence-electron chi connectivity index (χ4n) is 1.60. The normalized spacial score (nSPS) is 12.8. The van der Waals surface area contributed by atoms with Gasteiger partial charge in [0.25, 0.3) is 0 Å². The largest absolute Gasteiger partial charge is 0.467 e. The third-order valence-corrected chi connectivity index (χ3v) is 3.11. The van der Waals surface area contributed by atoms with Crippen LogP contribution in [0.1, 0.15) is 22.9 Å². The summed E-state index contributed by atoms with van der Waals surface area (Å²) in [6.45, 7) is 1.88. The molecule has 0 aliphatic rings. The average Bonchev–Trinajstić information content (AvgIpc) is 2.68. The lowest BCUT2D eigenvalue weighted by atomic mass is 10.0. The zero-order valence-electron chi connectivity index (χ0n) is 8.71. The van der Waals surface area contributed by atoms with Gasteiger partial charge in [0, 0.05) is 5.56 Å². The fourth-order valence-corrected chi connectivity index (χ4v) is 1.99. The second-order valence-electron chi connectivity index (χ2n) is 3.59. The van der Waals surface area contributed by atoms with Crippen LogP contribution < -0.4 is 5.73 Å². The van der Waals surface area contributed by atoms with Gasteiger partial charge in [-0.15, -0.1) is 0 Å². The molecule has 1 aromatic heterocycles. The molecule has 0 bridgehead atoms. The summed E-state index contributed by atoms with van der Waals surface area (Å²) in [4.78, 5) is 0. The molecule has 1 aromatic carbocycles. The highest BCUT2D eigenvalue weighted by molar-refractivity contribution is 9.10. The summed E-state index contributed by atoms with van der Waals surface area (Å²) in [6.07, 6.45) is 1.56. The predicted octanol–water partition coefficient (Wildman–Crippen LogP) is 3.54. The number of rotatable bonds is 2. The fraction of sp³-hybridized carbons (Fsp3) is 0.167. The van der Waals surface area contributed by atoms with Gasteiger partial charge in [-0.05, 0) is 40.5 Å². The maximum Gasteiger partial charge on any atom is 0.142 e. The lowest BCUT2D eigenvalue weighted by Gasteiger charge is -2.12. The molecule has 0 spiro atoms. The van der Waals surface area contributed by atoms with E-state index in [2.05, 4.69) is 15.9 Å². The summed E-state index contributed by atoms with van der Waals surface area (Å²) in [5.41, 5.74) is 7.32. The van der Waals surface area contributed by atoms with Crippen molar-refractivity contribution in [2.75, 3.05) is 0 Å². The summed E-state index contributed by atoms with van der Waals surface area (Å²) in [7, 11) is 0. The number of halogens is 2. The van der Waals surface area contributed by atoms with Crippen molar-refractivity contribution in [3.05, 3.63) is 57.7 Å². The Labute approximate surface area is 101 Å².